The van der Waals surface area contributed by atoms with Crippen molar-refractivity contribution in [3.8, 4) is 0 Å². The molecule has 0 aromatic carbocycles. The number of pyridine rings is 2. The van der Waals surface area contributed by atoms with E-state index in [1.165, 1.54) is 5.56 Å². The van der Waals surface area contributed by atoms with Crippen LogP contribution in [0.2, 0.25) is 5.15 Å². The Morgan fingerprint density at radius 1 is 1.33 bits per heavy atom. The molecule has 0 atom stereocenters. The van der Waals surface area contributed by atoms with E-state index in [4.69, 9.17) is 11.6 Å². The fraction of sp³-hybridized carbons (Fsp3) is 0.111. The summed E-state index contributed by atoms with van der Waals surface area (Å²) in [7, 11) is 0. The summed E-state index contributed by atoms with van der Waals surface area (Å²) in [6, 6.07) is 3.79. The highest BCUT2D eigenvalue weighted by Crippen LogP contribution is 2.17. The minimum Gasteiger partial charge on any atom is -0.255 e. The van der Waals surface area contributed by atoms with Crippen LogP contribution in [0.5, 0.6) is 0 Å². The highest BCUT2D eigenvalue weighted by atomic mass is 35.5. The topological polar surface area (TPSA) is 25.8 Å². The number of rotatable bonds is 0. The third-order valence-corrected chi connectivity index (χ3v) is 2.02. The highest BCUT2D eigenvalue weighted by molar-refractivity contribution is 6.30. The van der Waals surface area contributed by atoms with Gasteiger partial charge in [0.1, 0.15) is 5.15 Å². The minimum atomic E-state index is 0.513. The highest BCUT2D eigenvalue weighted by Gasteiger charge is 1.98. The van der Waals surface area contributed by atoms with Gasteiger partial charge in [-0.3, -0.25) is 4.98 Å². The first-order chi connectivity index (χ1) is 5.77. The lowest BCUT2D eigenvalue weighted by atomic mass is 10.2. The molecule has 0 fully saturated rings. The van der Waals surface area contributed by atoms with Crippen LogP contribution in [0, 0.1) is 6.92 Å². The summed E-state index contributed by atoms with van der Waals surface area (Å²) in [5.74, 6) is 0. The molecule has 0 saturated heterocycles. The van der Waals surface area contributed by atoms with Gasteiger partial charge < -0.3 is 0 Å². The molecule has 0 amide bonds. The van der Waals surface area contributed by atoms with Gasteiger partial charge in [-0.2, -0.15) is 0 Å². The average Bonchev–Trinajstić information content (AvgIpc) is 2.07. The second kappa shape index (κ2) is 2.72. The van der Waals surface area contributed by atoms with Crippen molar-refractivity contribution in [3.05, 3.63) is 35.2 Å². The summed E-state index contributed by atoms with van der Waals surface area (Å²) in [5, 5.41) is 1.58. The lowest BCUT2D eigenvalue weighted by Crippen LogP contribution is -1.83. The summed E-state index contributed by atoms with van der Waals surface area (Å²) in [5.41, 5.74) is 2.06. The summed E-state index contributed by atoms with van der Waals surface area (Å²) in [6.07, 6.45) is 3.46. The molecule has 0 unspecified atom stereocenters. The van der Waals surface area contributed by atoms with Gasteiger partial charge in [0.2, 0.25) is 0 Å². The molecule has 0 aliphatic rings. The molecule has 0 spiro atoms. The molecule has 2 heterocycles. The van der Waals surface area contributed by atoms with E-state index in [1.807, 2.05) is 19.1 Å². The van der Waals surface area contributed by atoms with Gasteiger partial charge in [0.05, 0.1) is 11.7 Å². The fourth-order valence-corrected chi connectivity index (χ4v) is 1.32. The Hall–Kier alpha value is -1.15. The Bertz CT molecular complexity index is 426. The summed E-state index contributed by atoms with van der Waals surface area (Å²) < 4.78 is 0. The monoisotopic (exact) mass is 178 g/mol. The van der Waals surface area contributed by atoms with Gasteiger partial charge in [0.25, 0.3) is 0 Å². The Morgan fingerprint density at radius 2 is 2.17 bits per heavy atom. The maximum atomic E-state index is 5.75. The molecule has 0 N–H and O–H groups in total. The molecular formula is C9H7ClN2. The molecule has 2 aromatic heterocycles. The van der Waals surface area contributed by atoms with Crippen molar-refractivity contribution in [2.75, 3.05) is 0 Å². The van der Waals surface area contributed by atoms with Gasteiger partial charge in [-0.05, 0) is 24.6 Å². The number of aryl methyl sites for hydroxylation is 1. The van der Waals surface area contributed by atoms with Crippen LogP contribution in [-0.2, 0) is 0 Å². The maximum Gasteiger partial charge on any atom is 0.129 e. The summed E-state index contributed by atoms with van der Waals surface area (Å²) in [4.78, 5) is 8.11. The van der Waals surface area contributed by atoms with Gasteiger partial charge >= 0.3 is 0 Å². The van der Waals surface area contributed by atoms with Gasteiger partial charge in [0.15, 0.2) is 0 Å². The van der Waals surface area contributed by atoms with Crippen LogP contribution < -0.4 is 0 Å². The zero-order chi connectivity index (χ0) is 8.55. The molecule has 3 heteroatoms. The molecule has 12 heavy (non-hydrogen) atoms. The number of fused-ring (bicyclic) bond motifs is 1. The third-order valence-electron chi connectivity index (χ3n) is 1.81. The van der Waals surface area contributed by atoms with Crippen molar-refractivity contribution in [1.29, 1.82) is 0 Å². The Kier molecular flexibility index (Phi) is 1.70. The van der Waals surface area contributed by atoms with E-state index in [2.05, 4.69) is 9.97 Å². The number of nitrogens with zero attached hydrogens (tertiary/aromatic N) is 2. The number of hydrogen-bond acceptors (Lipinski definition) is 2. The lowest BCUT2D eigenvalue weighted by Gasteiger charge is -1.99. The van der Waals surface area contributed by atoms with Crippen molar-refractivity contribution in [1.82, 2.24) is 9.97 Å². The van der Waals surface area contributed by atoms with Crippen LogP contribution in [0.1, 0.15) is 5.56 Å². The summed E-state index contributed by atoms with van der Waals surface area (Å²) in [6.45, 7) is 2.03. The molecule has 0 aliphatic carbocycles. The zero-order valence-electron chi connectivity index (χ0n) is 6.58. The van der Waals surface area contributed by atoms with E-state index in [0.29, 0.717) is 5.15 Å². The number of aromatic nitrogens is 2. The second-order valence-corrected chi connectivity index (χ2v) is 3.04. The largest absolute Gasteiger partial charge is 0.255 e. The predicted molar refractivity (Wildman–Crippen MR) is 49.3 cm³/mol. The molecule has 2 nitrogen and oxygen atoms in total. The first-order valence-corrected chi connectivity index (χ1v) is 4.02. The fourth-order valence-electron chi connectivity index (χ4n) is 1.16. The van der Waals surface area contributed by atoms with Crippen LogP contribution >= 0.6 is 11.6 Å². The van der Waals surface area contributed by atoms with Crippen LogP contribution in [0.4, 0.5) is 0 Å². The molecule has 0 saturated carbocycles. The van der Waals surface area contributed by atoms with Crippen LogP contribution in [0.15, 0.2) is 24.5 Å². The van der Waals surface area contributed by atoms with Crippen molar-refractivity contribution >= 4 is 22.5 Å². The molecule has 0 bridgehead atoms. The molecule has 0 aliphatic heterocycles. The average molecular weight is 179 g/mol. The molecule has 2 aromatic rings. The first-order valence-electron chi connectivity index (χ1n) is 3.64. The van der Waals surface area contributed by atoms with E-state index >= 15 is 0 Å². The van der Waals surface area contributed by atoms with E-state index in [0.717, 1.165) is 10.9 Å². The Morgan fingerprint density at radius 3 is 3.00 bits per heavy atom. The minimum absolute atomic E-state index is 0.513. The smallest absolute Gasteiger partial charge is 0.129 e. The standard InChI is InChI=1S/C9H7ClN2/c1-6-2-3-11-8-5-12-9(10)4-7(6)8/h2-5H,1H3. The Balaban J connectivity index is 2.88. The normalized spacial score (nSPS) is 10.5. The molecular weight excluding hydrogens is 172 g/mol. The zero-order valence-corrected chi connectivity index (χ0v) is 7.34. The van der Waals surface area contributed by atoms with Gasteiger partial charge in [-0.15, -0.1) is 0 Å². The summed E-state index contributed by atoms with van der Waals surface area (Å²) >= 11 is 5.75. The Labute approximate surface area is 75.2 Å². The maximum absolute atomic E-state index is 5.75. The predicted octanol–water partition coefficient (Wildman–Crippen LogP) is 2.59. The van der Waals surface area contributed by atoms with E-state index < -0.39 is 0 Å². The number of hydrogen-bond donors (Lipinski definition) is 0. The second-order valence-electron chi connectivity index (χ2n) is 2.65. The number of halogens is 1. The van der Waals surface area contributed by atoms with Gasteiger partial charge in [0, 0.05) is 11.6 Å². The SMILES string of the molecule is Cc1ccnc2cnc(Cl)cc12. The van der Waals surface area contributed by atoms with Crippen LogP contribution in [0.3, 0.4) is 0 Å². The van der Waals surface area contributed by atoms with Gasteiger partial charge in [-0.25, -0.2) is 4.98 Å². The molecule has 2 rings (SSSR count). The third kappa shape index (κ3) is 1.14. The van der Waals surface area contributed by atoms with Gasteiger partial charge in [-0.1, -0.05) is 11.6 Å². The molecule has 60 valence electrons. The first kappa shape index (κ1) is 7.50. The molecule has 0 radical (unpaired) electrons. The van der Waals surface area contributed by atoms with Crippen LogP contribution in [-0.4, -0.2) is 9.97 Å². The van der Waals surface area contributed by atoms with Crippen molar-refractivity contribution < 1.29 is 0 Å². The van der Waals surface area contributed by atoms with Crippen molar-refractivity contribution in [3.63, 3.8) is 0 Å². The van der Waals surface area contributed by atoms with Crippen molar-refractivity contribution in [2.45, 2.75) is 6.92 Å². The van der Waals surface area contributed by atoms with E-state index in [-0.39, 0.29) is 0 Å². The lowest BCUT2D eigenvalue weighted by molar-refractivity contribution is 1.29. The van der Waals surface area contributed by atoms with Crippen molar-refractivity contribution in [2.24, 2.45) is 0 Å². The van der Waals surface area contributed by atoms with E-state index in [9.17, 15) is 0 Å². The van der Waals surface area contributed by atoms with E-state index in [1.54, 1.807) is 12.4 Å². The quantitative estimate of drug-likeness (QED) is 0.580. The van der Waals surface area contributed by atoms with Crippen LogP contribution in [0.25, 0.3) is 10.9 Å².